The molecule has 4 fully saturated rings. The molecule has 6 unspecified atom stereocenters. The molecule has 2 bridgehead atoms. The zero-order valence-electron chi connectivity index (χ0n) is 20.9. The van der Waals surface area contributed by atoms with Crippen LogP contribution < -0.4 is 0 Å². The van der Waals surface area contributed by atoms with E-state index in [0.717, 1.165) is 44.5 Å². The molecule has 1 amide bonds. The summed E-state index contributed by atoms with van der Waals surface area (Å²) in [6.07, 6.45) is 4.38. The highest BCUT2D eigenvalue weighted by molar-refractivity contribution is 5.94. The molecular formula is C31H36N2O2. The fourth-order valence-electron chi connectivity index (χ4n) is 9.99. The lowest BCUT2D eigenvalue weighted by atomic mass is 9.20. The first kappa shape index (κ1) is 21.7. The Hall–Kier alpha value is -2.59. The van der Waals surface area contributed by atoms with Crippen molar-refractivity contribution in [3.05, 3.63) is 77.4 Å². The predicted molar refractivity (Wildman–Crippen MR) is 137 cm³/mol. The maximum Gasteiger partial charge on any atom is 0.254 e. The summed E-state index contributed by atoms with van der Waals surface area (Å²) < 4.78 is 0. The van der Waals surface area contributed by atoms with E-state index in [9.17, 15) is 9.90 Å². The fourth-order valence-corrected chi connectivity index (χ4v) is 9.99. The van der Waals surface area contributed by atoms with Crippen LogP contribution in [0.5, 0.6) is 5.75 Å². The van der Waals surface area contributed by atoms with E-state index in [4.69, 9.17) is 0 Å². The lowest BCUT2D eigenvalue weighted by Crippen LogP contribution is -2.90. The molecule has 182 valence electrons. The standard InChI is InChI=1S/C31H36N2O2/c1-4-25-28-27-22(18-33(25)29(35)20-8-6-5-7-9-20)16-31(27)26-14-21-10-11-23(34)15-24(21)30(28,31)12-13-32(26)17-19(2)3/h5-11,15,22,25-28,34H,2,4,12-14,16-18H2,1,3H3/t22-,25?,26?,27?,28?,30?,31?/m1/s1. The number of carbonyl (C=O) groups excluding carboxylic acids is 1. The Labute approximate surface area is 208 Å². The van der Waals surface area contributed by atoms with Gasteiger partial charge in [-0.25, -0.2) is 0 Å². The maximum atomic E-state index is 13.8. The largest absolute Gasteiger partial charge is 0.508 e. The monoisotopic (exact) mass is 468 g/mol. The van der Waals surface area contributed by atoms with Gasteiger partial charge in [0.25, 0.3) is 5.91 Å². The summed E-state index contributed by atoms with van der Waals surface area (Å²) in [6.45, 7) is 11.6. The molecule has 0 radical (unpaired) electrons. The summed E-state index contributed by atoms with van der Waals surface area (Å²) in [5.41, 5.74) is 5.21. The Morgan fingerprint density at radius 2 is 1.97 bits per heavy atom. The molecule has 1 N–H and O–H groups in total. The van der Waals surface area contributed by atoms with Gasteiger partial charge in [-0.05, 0) is 92.3 Å². The second kappa shape index (κ2) is 7.22. The molecule has 2 aromatic rings. The van der Waals surface area contributed by atoms with E-state index >= 15 is 0 Å². The van der Waals surface area contributed by atoms with Gasteiger partial charge in [-0.2, -0.15) is 0 Å². The predicted octanol–water partition coefficient (Wildman–Crippen LogP) is 5.02. The molecule has 2 heterocycles. The number of hydrogen-bond acceptors (Lipinski definition) is 3. The van der Waals surface area contributed by atoms with Crippen molar-refractivity contribution in [2.75, 3.05) is 19.6 Å². The second-order valence-electron chi connectivity index (χ2n) is 12.1. The minimum atomic E-state index is 0.0625. The van der Waals surface area contributed by atoms with E-state index in [-0.39, 0.29) is 22.8 Å². The number of phenolic OH excluding ortho intramolecular Hbond substituents is 1. The van der Waals surface area contributed by atoms with Gasteiger partial charge in [0.2, 0.25) is 0 Å². The van der Waals surface area contributed by atoms with Gasteiger partial charge in [0, 0.05) is 41.6 Å². The van der Waals surface area contributed by atoms with Gasteiger partial charge < -0.3 is 10.0 Å². The third-order valence-corrected chi connectivity index (χ3v) is 10.7. The van der Waals surface area contributed by atoms with Crippen LogP contribution >= 0.6 is 0 Å². The third kappa shape index (κ3) is 2.49. The number of carbonyl (C=O) groups is 1. The number of piperidine rings is 2. The van der Waals surface area contributed by atoms with Gasteiger partial charge in [-0.15, -0.1) is 0 Å². The Kier molecular flexibility index (Phi) is 4.47. The van der Waals surface area contributed by atoms with Crippen molar-refractivity contribution in [3.8, 4) is 5.75 Å². The van der Waals surface area contributed by atoms with Gasteiger partial charge in [-0.3, -0.25) is 9.69 Å². The highest BCUT2D eigenvalue weighted by atomic mass is 16.3. The molecule has 0 aromatic heterocycles. The summed E-state index contributed by atoms with van der Waals surface area (Å²) in [7, 11) is 0. The van der Waals surface area contributed by atoms with Crippen molar-refractivity contribution in [3.63, 3.8) is 0 Å². The second-order valence-corrected chi connectivity index (χ2v) is 12.1. The van der Waals surface area contributed by atoms with E-state index < -0.39 is 0 Å². The molecule has 35 heavy (non-hydrogen) atoms. The molecule has 2 saturated carbocycles. The smallest absolute Gasteiger partial charge is 0.254 e. The number of rotatable bonds is 4. The summed E-state index contributed by atoms with van der Waals surface area (Å²) in [5, 5.41) is 10.6. The Bertz CT molecular complexity index is 1220. The first-order chi connectivity index (χ1) is 16.9. The minimum absolute atomic E-state index is 0.0625. The number of fused-ring (bicyclic) bond motifs is 1. The number of likely N-dealkylation sites (tertiary alicyclic amines) is 2. The first-order valence-electron chi connectivity index (χ1n) is 13.5. The highest BCUT2D eigenvalue weighted by Gasteiger charge is 2.85. The Morgan fingerprint density at radius 1 is 1.17 bits per heavy atom. The number of amides is 1. The quantitative estimate of drug-likeness (QED) is 0.641. The van der Waals surface area contributed by atoms with Gasteiger partial charge in [0.1, 0.15) is 5.75 Å². The van der Waals surface area contributed by atoms with Crippen molar-refractivity contribution >= 4 is 5.91 Å². The van der Waals surface area contributed by atoms with E-state index in [0.29, 0.717) is 29.5 Å². The number of hydrogen-bond donors (Lipinski definition) is 1. The summed E-state index contributed by atoms with van der Waals surface area (Å²) in [6, 6.07) is 16.8. The Morgan fingerprint density at radius 3 is 2.71 bits per heavy atom. The van der Waals surface area contributed by atoms with Gasteiger partial charge >= 0.3 is 0 Å². The van der Waals surface area contributed by atoms with E-state index in [1.54, 1.807) is 0 Å². The first-order valence-corrected chi connectivity index (χ1v) is 13.5. The third-order valence-electron chi connectivity index (χ3n) is 10.7. The molecule has 2 aliphatic heterocycles. The molecule has 3 aliphatic carbocycles. The lowest BCUT2D eigenvalue weighted by Gasteiger charge is -2.88. The maximum absolute atomic E-state index is 13.8. The van der Waals surface area contributed by atoms with Crippen molar-refractivity contribution < 1.29 is 9.90 Å². The van der Waals surface area contributed by atoms with Crippen LogP contribution in [0.4, 0.5) is 0 Å². The topological polar surface area (TPSA) is 43.8 Å². The summed E-state index contributed by atoms with van der Waals surface area (Å²) in [5.74, 6) is 2.33. The van der Waals surface area contributed by atoms with E-state index in [2.05, 4.69) is 42.4 Å². The van der Waals surface area contributed by atoms with Crippen LogP contribution in [0.1, 0.15) is 54.6 Å². The number of nitrogens with zero attached hydrogens (tertiary/aromatic N) is 2. The van der Waals surface area contributed by atoms with Crippen LogP contribution in [-0.2, 0) is 11.8 Å². The molecular weight excluding hydrogens is 432 g/mol. The number of phenols is 1. The van der Waals surface area contributed by atoms with Crippen LogP contribution in [0.15, 0.2) is 60.7 Å². The SMILES string of the molecule is C=C(C)CN1CCC23c4cc(O)ccc4CC1C21C[C@@H]2CN(C(=O)c4ccccc4)C(CC)C3C21. The lowest BCUT2D eigenvalue weighted by molar-refractivity contribution is -0.348. The molecule has 1 spiro atoms. The van der Waals surface area contributed by atoms with Crippen molar-refractivity contribution in [2.24, 2.45) is 23.2 Å². The van der Waals surface area contributed by atoms with Crippen LogP contribution in [0.3, 0.4) is 0 Å². The van der Waals surface area contributed by atoms with Crippen LogP contribution in [-0.4, -0.2) is 52.5 Å². The average molecular weight is 469 g/mol. The number of benzene rings is 2. The number of aromatic hydroxyl groups is 1. The summed E-state index contributed by atoms with van der Waals surface area (Å²) in [4.78, 5) is 18.7. The van der Waals surface area contributed by atoms with Gasteiger partial charge in [-0.1, -0.05) is 43.3 Å². The zero-order valence-corrected chi connectivity index (χ0v) is 20.9. The Balaban J connectivity index is 1.36. The van der Waals surface area contributed by atoms with Crippen LogP contribution in [0.25, 0.3) is 0 Å². The van der Waals surface area contributed by atoms with Crippen molar-refractivity contribution in [1.82, 2.24) is 9.80 Å². The summed E-state index contributed by atoms with van der Waals surface area (Å²) >= 11 is 0. The normalized spacial score (nSPS) is 38.3. The van der Waals surface area contributed by atoms with E-state index in [1.807, 2.05) is 36.4 Å². The molecule has 5 aliphatic rings. The molecule has 7 rings (SSSR count). The molecule has 4 heteroatoms. The van der Waals surface area contributed by atoms with Crippen molar-refractivity contribution in [2.45, 2.75) is 57.0 Å². The molecule has 2 saturated heterocycles. The van der Waals surface area contributed by atoms with Crippen LogP contribution in [0.2, 0.25) is 0 Å². The van der Waals surface area contributed by atoms with Gasteiger partial charge in [0.05, 0.1) is 0 Å². The fraction of sp³-hybridized carbons (Fsp3) is 0.516. The highest BCUT2D eigenvalue weighted by Crippen LogP contribution is 2.84. The van der Waals surface area contributed by atoms with E-state index in [1.165, 1.54) is 23.1 Å². The molecule has 2 aromatic carbocycles. The molecule has 7 atom stereocenters. The van der Waals surface area contributed by atoms with Gasteiger partial charge in [0.15, 0.2) is 0 Å². The van der Waals surface area contributed by atoms with Crippen molar-refractivity contribution in [1.29, 1.82) is 0 Å². The minimum Gasteiger partial charge on any atom is -0.508 e. The zero-order chi connectivity index (χ0) is 24.1. The van der Waals surface area contributed by atoms with Crippen LogP contribution in [0, 0.1) is 23.2 Å². The molecule has 4 nitrogen and oxygen atoms in total. The average Bonchev–Trinajstić information content (AvgIpc) is 2.83.